The summed E-state index contributed by atoms with van der Waals surface area (Å²) in [6.45, 7) is 3.50. The van der Waals surface area contributed by atoms with Gasteiger partial charge in [0.2, 0.25) is 0 Å². The lowest BCUT2D eigenvalue weighted by Crippen LogP contribution is -2.46. The molecule has 1 saturated heterocycles. The standard InChI is InChI=1S/C6H13N3O2/c1-7-2-4-8(5-3-7)6-9(10)11/h2-6H2,1H3. The van der Waals surface area contributed by atoms with Crippen LogP contribution in [0.1, 0.15) is 0 Å². The van der Waals surface area contributed by atoms with Crippen LogP contribution in [0.5, 0.6) is 0 Å². The number of nitro groups is 1. The minimum Gasteiger partial charge on any atom is -0.304 e. The van der Waals surface area contributed by atoms with Gasteiger partial charge in [-0.05, 0) is 7.05 Å². The Morgan fingerprint density at radius 3 is 2.36 bits per heavy atom. The minimum absolute atomic E-state index is 0.00611. The summed E-state index contributed by atoms with van der Waals surface area (Å²) in [5.41, 5.74) is 0. The number of nitrogens with zero attached hydrogens (tertiary/aromatic N) is 3. The highest BCUT2D eigenvalue weighted by molar-refractivity contribution is 4.66. The molecule has 0 N–H and O–H groups in total. The lowest BCUT2D eigenvalue weighted by molar-refractivity contribution is -0.504. The van der Waals surface area contributed by atoms with E-state index >= 15 is 0 Å². The molecule has 0 amide bonds. The van der Waals surface area contributed by atoms with Crippen LogP contribution in [0.3, 0.4) is 0 Å². The highest BCUT2D eigenvalue weighted by atomic mass is 16.6. The van der Waals surface area contributed by atoms with Gasteiger partial charge in [0.15, 0.2) is 0 Å². The molecule has 5 heteroatoms. The third-order valence-electron chi connectivity index (χ3n) is 1.91. The fourth-order valence-corrected chi connectivity index (χ4v) is 1.15. The van der Waals surface area contributed by atoms with Crippen LogP contribution in [0.25, 0.3) is 0 Å². The van der Waals surface area contributed by atoms with Crippen LogP contribution >= 0.6 is 0 Å². The Balaban J connectivity index is 2.22. The van der Waals surface area contributed by atoms with E-state index < -0.39 is 0 Å². The maximum Gasteiger partial charge on any atom is 0.259 e. The van der Waals surface area contributed by atoms with Gasteiger partial charge >= 0.3 is 0 Å². The second-order valence-electron chi connectivity index (χ2n) is 2.90. The first kappa shape index (κ1) is 8.42. The number of hydrogen-bond donors (Lipinski definition) is 0. The van der Waals surface area contributed by atoms with Crippen LogP contribution in [0, 0.1) is 10.1 Å². The molecule has 1 fully saturated rings. The van der Waals surface area contributed by atoms with E-state index in [4.69, 9.17) is 0 Å². The summed E-state index contributed by atoms with van der Waals surface area (Å²) in [6, 6.07) is 0. The lowest BCUT2D eigenvalue weighted by atomic mass is 10.3. The maximum atomic E-state index is 10.1. The van der Waals surface area contributed by atoms with E-state index in [1.807, 2.05) is 11.9 Å². The topological polar surface area (TPSA) is 49.6 Å². The lowest BCUT2D eigenvalue weighted by Gasteiger charge is -2.29. The number of hydrogen-bond acceptors (Lipinski definition) is 4. The fraction of sp³-hybridized carbons (Fsp3) is 1.00. The highest BCUT2D eigenvalue weighted by Gasteiger charge is 2.16. The summed E-state index contributed by atoms with van der Waals surface area (Å²) in [6.07, 6.45) is 0. The molecule has 0 aliphatic carbocycles. The van der Waals surface area contributed by atoms with Gasteiger partial charge in [-0.3, -0.25) is 10.1 Å². The highest BCUT2D eigenvalue weighted by Crippen LogP contribution is 1.97. The van der Waals surface area contributed by atoms with E-state index in [2.05, 4.69) is 4.90 Å². The predicted octanol–water partition coefficient (Wildman–Crippen LogP) is -0.532. The van der Waals surface area contributed by atoms with Gasteiger partial charge in [-0.25, -0.2) is 4.90 Å². The molecule has 1 aliphatic rings. The smallest absolute Gasteiger partial charge is 0.259 e. The zero-order valence-electron chi connectivity index (χ0n) is 6.69. The van der Waals surface area contributed by atoms with E-state index in [9.17, 15) is 10.1 Å². The molecule has 0 bridgehead atoms. The predicted molar refractivity (Wildman–Crippen MR) is 40.9 cm³/mol. The van der Waals surface area contributed by atoms with Crippen molar-refractivity contribution in [2.75, 3.05) is 39.9 Å². The molecule has 5 nitrogen and oxygen atoms in total. The first-order valence-corrected chi connectivity index (χ1v) is 3.71. The normalized spacial score (nSPS) is 21.9. The van der Waals surface area contributed by atoms with Crippen molar-refractivity contribution in [3.05, 3.63) is 10.1 Å². The average molecular weight is 159 g/mol. The Morgan fingerprint density at radius 2 is 1.91 bits per heavy atom. The summed E-state index contributed by atoms with van der Waals surface area (Å²) >= 11 is 0. The Kier molecular flexibility index (Phi) is 2.78. The van der Waals surface area contributed by atoms with Crippen LogP contribution in [0.2, 0.25) is 0 Å². The van der Waals surface area contributed by atoms with Gasteiger partial charge in [0, 0.05) is 31.1 Å². The first-order valence-electron chi connectivity index (χ1n) is 3.71. The van der Waals surface area contributed by atoms with Gasteiger partial charge in [0.25, 0.3) is 6.67 Å². The van der Waals surface area contributed by atoms with Gasteiger partial charge in [0.1, 0.15) is 0 Å². The molecule has 0 aromatic heterocycles. The van der Waals surface area contributed by atoms with E-state index in [1.54, 1.807) is 0 Å². The quantitative estimate of drug-likeness (QED) is 0.401. The Labute approximate surface area is 65.7 Å². The molecule has 1 rings (SSSR count). The monoisotopic (exact) mass is 159 g/mol. The van der Waals surface area contributed by atoms with Gasteiger partial charge in [-0.2, -0.15) is 0 Å². The molecule has 1 heterocycles. The zero-order valence-corrected chi connectivity index (χ0v) is 6.69. The van der Waals surface area contributed by atoms with Crippen LogP contribution in [0.15, 0.2) is 0 Å². The Morgan fingerprint density at radius 1 is 1.36 bits per heavy atom. The van der Waals surface area contributed by atoms with E-state index in [0.717, 1.165) is 26.2 Å². The van der Waals surface area contributed by atoms with Crippen molar-refractivity contribution in [3.63, 3.8) is 0 Å². The molecule has 64 valence electrons. The average Bonchev–Trinajstić information content (AvgIpc) is 1.93. The van der Waals surface area contributed by atoms with Crippen LogP contribution in [-0.2, 0) is 0 Å². The second kappa shape index (κ2) is 3.64. The second-order valence-corrected chi connectivity index (χ2v) is 2.90. The Bertz CT molecular complexity index is 143. The van der Waals surface area contributed by atoms with Crippen molar-refractivity contribution in [1.82, 2.24) is 9.80 Å². The molecule has 0 radical (unpaired) electrons. The molecule has 1 aliphatic heterocycles. The molecular weight excluding hydrogens is 146 g/mol. The van der Waals surface area contributed by atoms with Crippen molar-refractivity contribution in [1.29, 1.82) is 0 Å². The van der Waals surface area contributed by atoms with Crippen LogP contribution in [-0.4, -0.2) is 54.6 Å². The summed E-state index contributed by atoms with van der Waals surface area (Å²) in [4.78, 5) is 13.9. The van der Waals surface area contributed by atoms with Crippen LogP contribution < -0.4 is 0 Å². The SMILES string of the molecule is CN1CCN(C[N+](=O)[O-])CC1. The van der Waals surface area contributed by atoms with Gasteiger partial charge in [0.05, 0.1) is 0 Å². The maximum absolute atomic E-state index is 10.1. The third kappa shape index (κ3) is 2.81. The number of likely N-dealkylation sites (N-methyl/N-ethyl adjacent to an activating group) is 1. The summed E-state index contributed by atoms with van der Waals surface area (Å²) in [5, 5.41) is 10.1. The number of piperazine rings is 1. The summed E-state index contributed by atoms with van der Waals surface area (Å²) in [5.74, 6) is 0. The van der Waals surface area contributed by atoms with Gasteiger partial charge in [-0.1, -0.05) is 0 Å². The first-order chi connectivity index (χ1) is 5.18. The van der Waals surface area contributed by atoms with E-state index in [0.29, 0.717) is 0 Å². The van der Waals surface area contributed by atoms with Crippen molar-refractivity contribution in [2.24, 2.45) is 0 Å². The van der Waals surface area contributed by atoms with E-state index in [-0.39, 0.29) is 11.6 Å². The molecule has 0 aromatic rings. The van der Waals surface area contributed by atoms with Crippen molar-refractivity contribution in [2.45, 2.75) is 0 Å². The molecule has 11 heavy (non-hydrogen) atoms. The van der Waals surface area contributed by atoms with E-state index in [1.165, 1.54) is 0 Å². The summed E-state index contributed by atoms with van der Waals surface area (Å²) in [7, 11) is 2.03. The van der Waals surface area contributed by atoms with Gasteiger partial charge < -0.3 is 4.90 Å². The Hall–Kier alpha value is -0.680. The van der Waals surface area contributed by atoms with Gasteiger partial charge in [-0.15, -0.1) is 0 Å². The minimum atomic E-state index is -0.272. The molecule has 0 atom stereocenters. The van der Waals surface area contributed by atoms with Crippen molar-refractivity contribution in [3.8, 4) is 0 Å². The zero-order chi connectivity index (χ0) is 8.27. The molecule has 0 aromatic carbocycles. The van der Waals surface area contributed by atoms with Crippen molar-refractivity contribution < 1.29 is 4.92 Å². The van der Waals surface area contributed by atoms with Crippen molar-refractivity contribution >= 4 is 0 Å². The molecule has 0 unspecified atom stereocenters. The molecular formula is C6H13N3O2. The molecule has 0 spiro atoms. The fourth-order valence-electron chi connectivity index (χ4n) is 1.15. The third-order valence-corrected chi connectivity index (χ3v) is 1.91. The number of rotatable bonds is 2. The van der Waals surface area contributed by atoms with Crippen LogP contribution in [0.4, 0.5) is 0 Å². The largest absolute Gasteiger partial charge is 0.304 e. The molecule has 0 saturated carbocycles. The summed E-state index contributed by atoms with van der Waals surface area (Å²) < 4.78 is 0.